The highest BCUT2D eigenvalue weighted by Crippen LogP contribution is 2.20. The SMILES string of the molecule is NC(=NO)c1ccc(OCCOC2CCCC2)cc1. The first-order valence-corrected chi connectivity index (χ1v) is 6.62. The number of ether oxygens (including phenoxy) is 2. The molecule has 0 unspecified atom stereocenters. The predicted octanol–water partition coefficient (Wildman–Crippen LogP) is 2.12. The molecule has 1 fully saturated rings. The quantitative estimate of drug-likeness (QED) is 0.271. The van der Waals surface area contributed by atoms with Crippen LogP contribution < -0.4 is 10.5 Å². The summed E-state index contributed by atoms with van der Waals surface area (Å²) in [6, 6.07) is 7.09. The molecule has 0 bridgehead atoms. The summed E-state index contributed by atoms with van der Waals surface area (Å²) in [7, 11) is 0. The average molecular weight is 264 g/mol. The first kappa shape index (κ1) is 13.7. The summed E-state index contributed by atoms with van der Waals surface area (Å²) in [5, 5.41) is 11.5. The van der Waals surface area contributed by atoms with Crippen LogP contribution >= 0.6 is 0 Å². The van der Waals surface area contributed by atoms with Crippen molar-refractivity contribution in [3.05, 3.63) is 29.8 Å². The van der Waals surface area contributed by atoms with Crippen LogP contribution in [-0.2, 0) is 4.74 Å². The third-order valence-electron chi connectivity index (χ3n) is 3.27. The molecule has 0 amide bonds. The van der Waals surface area contributed by atoms with E-state index in [9.17, 15) is 0 Å². The zero-order valence-electron chi connectivity index (χ0n) is 10.9. The van der Waals surface area contributed by atoms with Crippen molar-refractivity contribution < 1.29 is 14.7 Å². The van der Waals surface area contributed by atoms with E-state index < -0.39 is 0 Å². The molecule has 2 rings (SSSR count). The van der Waals surface area contributed by atoms with Gasteiger partial charge in [0.05, 0.1) is 12.7 Å². The van der Waals surface area contributed by atoms with Gasteiger partial charge in [0.1, 0.15) is 12.4 Å². The van der Waals surface area contributed by atoms with Gasteiger partial charge >= 0.3 is 0 Å². The lowest BCUT2D eigenvalue weighted by Gasteiger charge is -2.11. The number of nitrogens with zero attached hydrogens (tertiary/aromatic N) is 1. The van der Waals surface area contributed by atoms with Gasteiger partial charge in [-0.2, -0.15) is 0 Å². The monoisotopic (exact) mass is 264 g/mol. The molecular formula is C14H20N2O3. The third kappa shape index (κ3) is 4.13. The lowest BCUT2D eigenvalue weighted by molar-refractivity contribution is 0.0382. The Labute approximate surface area is 113 Å². The molecule has 1 aliphatic rings. The van der Waals surface area contributed by atoms with Crippen LogP contribution in [0, 0.1) is 0 Å². The molecule has 0 saturated heterocycles. The largest absolute Gasteiger partial charge is 0.491 e. The second-order valence-corrected chi connectivity index (χ2v) is 4.64. The third-order valence-corrected chi connectivity index (χ3v) is 3.27. The Kier molecular flexibility index (Phi) is 5.03. The van der Waals surface area contributed by atoms with E-state index in [1.807, 2.05) is 0 Å². The summed E-state index contributed by atoms with van der Waals surface area (Å²) in [6.45, 7) is 1.16. The maximum Gasteiger partial charge on any atom is 0.170 e. The van der Waals surface area contributed by atoms with E-state index >= 15 is 0 Å². The van der Waals surface area contributed by atoms with E-state index in [2.05, 4.69) is 5.16 Å². The second kappa shape index (κ2) is 6.99. The van der Waals surface area contributed by atoms with Gasteiger partial charge in [0.15, 0.2) is 5.84 Å². The molecule has 104 valence electrons. The zero-order valence-corrected chi connectivity index (χ0v) is 10.9. The zero-order chi connectivity index (χ0) is 13.5. The normalized spacial score (nSPS) is 16.7. The number of nitrogens with two attached hydrogens (primary N) is 1. The molecule has 3 N–H and O–H groups in total. The number of hydrogen-bond donors (Lipinski definition) is 2. The molecule has 0 spiro atoms. The first-order valence-electron chi connectivity index (χ1n) is 6.62. The van der Waals surface area contributed by atoms with Gasteiger partial charge in [-0.3, -0.25) is 0 Å². The molecule has 0 aromatic heterocycles. The highest BCUT2D eigenvalue weighted by Gasteiger charge is 2.14. The average Bonchev–Trinajstić information content (AvgIpc) is 2.96. The fourth-order valence-electron chi connectivity index (χ4n) is 2.21. The minimum Gasteiger partial charge on any atom is -0.491 e. The lowest BCUT2D eigenvalue weighted by atomic mass is 10.2. The van der Waals surface area contributed by atoms with Crippen LogP contribution in [0.25, 0.3) is 0 Å². The van der Waals surface area contributed by atoms with Gasteiger partial charge < -0.3 is 20.4 Å². The van der Waals surface area contributed by atoms with Crippen molar-refractivity contribution in [3.63, 3.8) is 0 Å². The smallest absolute Gasteiger partial charge is 0.170 e. The predicted molar refractivity (Wildman–Crippen MR) is 72.7 cm³/mol. The second-order valence-electron chi connectivity index (χ2n) is 4.64. The molecular weight excluding hydrogens is 244 g/mol. The van der Waals surface area contributed by atoms with E-state index in [1.165, 1.54) is 25.7 Å². The van der Waals surface area contributed by atoms with E-state index in [1.54, 1.807) is 24.3 Å². The van der Waals surface area contributed by atoms with Gasteiger partial charge in [0.2, 0.25) is 0 Å². The van der Waals surface area contributed by atoms with Crippen molar-refractivity contribution in [2.24, 2.45) is 10.9 Å². The molecule has 1 aromatic rings. The molecule has 19 heavy (non-hydrogen) atoms. The Morgan fingerprint density at radius 2 is 1.89 bits per heavy atom. The standard InChI is InChI=1S/C14H20N2O3/c15-14(16-17)11-5-7-13(8-6-11)19-10-9-18-12-3-1-2-4-12/h5-8,12,17H,1-4,9-10H2,(H2,15,16). The molecule has 0 radical (unpaired) electrons. The van der Waals surface area contributed by atoms with Crippen molar-refractivity contribution in [3.8, 4) is 5.75 Å². The van der Waals surface area contributed by atoms with Crippen LogP contribution in [0.4, 0.5) is 0 Å². The van der Waals surface area contributed by atoms with Crippen LogP contribution in [0.2, 0.25) is 0 Å². The summed E-state index contributed by atoms with van der Waals surface area (Å²) in [6.07, 6.45) is 5.33. The molecule has 0 atom stereocenters. The highest BCUT2D eigenvalue weighted by molar-refractivity contribution is 5.97. The number of amidine groups is 1. The number of hydrogen-bond acceptors (Lipinski definition) is 4. The van der Waals surface area contributed by atoms with E-state index in [4.69, 9.17) is 20.4 Å². The summed E-state index contributed by atoms with van der Waals surface area (Å²) in [4.78, 5) is 0. The highest BCUT2D eigenvalue weighted by atomic mass is 16.5. The van der Waals surface area contributed by atoms with Crippen LogP contribution in [0.5, 0.6) is 5.75 Å². The Balaban J connectivity index is 1.70. The fourth-order valence-corrected chi connectivity index (χ4v) is 2.21. The number of oxime groups is 1. The van der Waals surface area contributed by atoms with Gasteiger partial charge in [0, 0.05) is 5.56 Å². The number of benzene rings is 1. The van der Waals surface area contributed by atoms with Crippen molar-refractivity contribution in [1.29, 1.82) is 0 Å². The Morgan fingerprint density at radius 3 is 2.53 bits per heavy atom. The van der Waals surface area contributed by atoms with Gasteiger partial charge in [-0.1, -0.05) is 18.0 Å². The Hall–Kier alpha value is -1.75. The molecule has 1 saturated carbocycles. The molecule has 1 aromatic carbocycles. The molecule has 0 aliphatic heterocycles. The minimum absolute atomic E-state index is 0.0936. The minimum atomic E-state index is 0.0936. The van der Waals surface area contributed by atoms with Crippen molar-refractivity contribution in [1.82, 2.24) is 0 Å². The maximum absolute atomic E-state index is 8.55. The summed E-state index contributed by atoms with van der Waals surface area (Å²) >= 11 is 0. The molecule has 0 heterocycles. The van der Waals surface area contributed by atoms with Gasteiger partial charge in [-0.15, -0.1) is 0 Å². The van der Waals surface area contributed by atoms with Crippen LogP contribution in [0.15, 0.2) is 29.4 Å². The molecule has 1 aliphatic carbocycles. The van der Waals surface area contributed by atoms with Crippen LogP contribution in [0.3, 0.4) is 0 Å². The lowest BCUT2D eigenvalue weighted by Crippen LogP contribution is -2.14. The van der Waals surface area contributed by atoms with E-state index in [0.29, 0.717) is 24.9 Å². The van der Waals surface area contributed by atoms with Crippen LogP contribution in [-0.4, -0.2) is 30.4 Å². The Morgan fingerprint density at radius 1 is 1.21 bits per heavy atom. The summed E-state index contributed by atoms with van der Waals surface area (Å²) in [5.41, 5.74) is 6.14. The van der Waals surface area contributed by atoms with E-state index in [-0.39, 0.29) is 5.84 Å². The van der Waals surface area contributed by atoms with Crippen molar-refractivity contribution in [2.75, 3.05) is 13.2 Å². The van der Waals surface area contributed by atoms with Gasteiger partial charge in [0.25, 0.3) is 0 Å². The summed E-state index contributed by atoms with van der Waals surface area (Å²) < 4.78 is 11.3. The van der Waals surface area contributed by atoms with Gasteiger partial charge in [-0.25, -0.2) is 0 Å². The van der Waals surface area contributed by atoms with E-state index in [0.717, 1.165) is 5.75 Å². The number of rotatable bonds is 6. The van der Waals surface area contributed by atoms with Crippen molar-refractivity contribution >= 4 is 5.84 Å². The Bertz CT molecular complexity index is 411. The van der Waals surface area contributed by atoms with Crippen molar-refractivity contribution in [2.45, 2.75) is 31.8 Å². The molecule has 5 nitrogen and oxygen atoms in total. The topological polar surface area (TPSA) is 77.1 Å². The first-order chi connectivity index (χ1) is 9.29. The van der Waals surface area contributed by atoms with Gasteiger partial charge in [-0.05, 0) is 37.1 Å². The summed E-state index contributed by atoms with van der Waals surface area (Å²) in [5.74, 6) is 0.848. The molecule has 5 heteroatoms. The maximum atomic E-state index is 8.55. The fraction of sp³-hybridized carbons (Fsp3) is 0.500. The van der Waals surface area contributed by atoms with Crippen LogP contribution in [0.1, 0.15) is 31.2 Å².